The summed E-state index contributed by atoms with van der Waals surface area (Å²) in [5, 5.41) is 10.4. The molecule has 1 heterocycles. The number of alkyl halides is 3. The third-order valence-electron chi connectivity index (χ3n) is 1.89. The van der Waals surface area contributed by atoms with Crippen molar-refractivity contribution in [2.75, 3.05) is 13.1 Å². The minimum absolute atomic E-state index is 1.13. The van der Waals surface area contributed by atoms with Crippen LogP contribution in [0, 0.1) is 0 Å². The van der Waals surface area contributed by atoms with Crippen molar-refractivity contribution in [1.82, 2.24) is 5.32 Å². The number of rotatable bonds is 0. The number of nitrogens with one attached hydrogen (secondary N) is 1. The topological polar surface area (TPSA) is 49.3 Å². The lowest BCUT2D eigenvalue weighted by atomic mass is 10.1. The van der Waals surface area contributed by atoms with E-state index in [0.717, 1.165) is 6.54 Å². The fourth-order valence-electron chi connectivity index (χ4n) is 0.994. The van der Waals surface area contributed by atoms with E-state index in [4.69, 9.17) is 9.90 Å². The van der Waals surface area contributed by atoms with Gasteiger partial charge in [-0.25, -0.2) is 4.79 Å². The monoisotopic (exact) mass is 225 g/mol. The summed E-state index contributed by atoms with van der Waals surface area (Å²) in [5.41, 5.74) is 3.10. The van der Waals surface area contributed by atoms with Crippen LogP contribution in [0.25, 0.3) is 0 Å². The van der Waals surface area contributed by atoms with Crippen LogP contribution in [0.4, 0.5) is 13.2 Å². The largest absolute Gasteiger partial charge is 0.490 e. The number of carboxylic acid groups (broad SMARTS) is 1. The molecule has 0 aromatic carbocycles. The van der Waals surface area contributed by atoms with Gasteiger partial charge in [0.1, 0.15) is 0 Å². The Balaban J connectivity index is 0.000000265. The average molecular weight is 225 g/mol. The van der Waals surface area contributed by atoms with Gasteiger partial charge in [-0.2, -0.15) is 13.2 Å². The van der Waals surface area contributed by atoms with Crippen molar-refractivity contribution in [3.63, 3.8) is 0 Å². The first-order valence-electron chi connectivity index (χ1n) is 4.41. The lowest BCUT2D eigenvalue weighted by Gasteiger charge is -1.94. The van der Waals surface area contributed by atoms with Gasteiger partial charge in [-0.15, -0.1) is 0 Å². The SMILES string of the molecule is CC(C)=C1CCNC1.O=C(O)C(F)(F)F. The van der Waals surface area contributed by atoms with Gasteiger partial charge in [-0.05, 0) is 26.8 Å². The van der Waals surface area contributed by atoms with E-state index in [2.05, 4.69) is 19.2 Å². The summed E-state index contributed by atoms with van der Waals surface area (Å²) in [4.78, 5) is 8.90. The van der Waals surface area contributed by atoms with E-state index in [1.807, 2.05) is 0 Å². The van der Waals surface area contributed by atoms with Gasteiger partial charge < -0.3 is 10.4 Å². The number of aliphatic carboxylic acids is 1. The molecule has 0 aliphatic carbocycles. The zero-order valence-corrected chi connectivity index (χ0v) is 8.61. The number of carbonyl (C=O) groups is 1. The molecule has 1 aliphatic heterocycles. The predicted octanol–water partition coefficient (Wildman–Crippen LogP) is 1.95. The molecular formula is C9H14F3NO2. The fraction of sp³-hybridized carbons (Fsp3) is 0.667. The van der Waals surface area contributed by atoms with E-state index in [9.17, 15) is 13.2 Å². The molecule has 0 atom stereocenters. The molecule has 3 nitrogen and oxygen atoms in total. The number of halogens is 3. The van der Waals surface area contributed by atoms with E-state index in [-0.39, 0.29) is 0 Å². The van der Waals surface area contributed by atoms with E-state index < -0.39 is 12.1 Å². The molecule has 1 aliphatic rings. The smallest absolute Gasteiger partial charge is 0.475 e. The van der Waals surface area contributed by atoms with Gasteiger partial charge in [0.2, 0.25) is 0 Å². The van der Waals surface area contributed by atoms with E-state index >= 15 is 0 Å². The molecule has 6 heteroatoms. The summed E-state index contributed by atoms with van der Waals surface area (Å²) in [6, 6.07) is 0. The molecule has 0 amide bonds. The molecular weight excluding hydrogens is 211 g/mol. The highest BCUT2D eigenvalue weighted by molar-refractivity contribution is 5.73. The predicted molar refractivity (Wildman–Crippen MR) is 49.6 cm³/mol. The second-order valence-electron chi connectivity index (χ2n) is 3.33. The minimum atomic E-state index is -5.08. The third-order valence-corrected chi connectivity index (χ3v) is 1.89. The Labute approximate surface area is 86.0 Å². The summed E-state index contributed by atoms with van der Waals surface area (Å²) in [6.45, 7) is 6.67. The first-order chi connectivity index (χ1) is 6.75. The normalized spacial score (nSPS) is 15.7. The van der Waals surface area contributed by atoms with Crippen molar-refractivity contribution >= 4 is 5.97 Å². The molecule has 0 radical (unpaired) electrons. The quantitative estimate of drug-likeness (QED) is 0.619. The van der Waals surface area contributed by atoms with Crippen molar-refractivity contribution in [3.8, 4) is 0 Å². The molecule has 0 spiro atoms. The molecule has 88 valence electrons. The lowest BCUT2D eigenvalue weighted by molar-refractivity contribution is -0.192. The van der Waals surface area contributed by atoms with Crippen LogP contribution in [-0.4, -0.2) is 30.3 Å². The van der Waals surface area contributed by atoms with Crippen LogP contribution in [0.2, 0.25) is 0 Å². The van der Waals surface area contributed by atoms with Gasteiger partial charge in [0.25, 0.3) is 0 Å². The Morgan fingerprint density at radius 2 is 1.87 bits per heavy atom. The maximum atomic E-state index is 10.6. The number of hydrogen-bond donors (Lipinski definition) is 2. The summed E-state index contributed by atoms with van der Waals surface area (Å²) < 4.78 is 31.7. The maximum absolute atomic E-state index is 10.6. The zero-order valence-electron chi connectivity index (χ0n) is 8.61. The number of hydrogen-bond acceptors (Lipinski definition) is 2. The van der Waals surface area contributed by atoms with Crippen LogP contribution in [0.15, 0.2) is 11.1 Å². The molecule has 2 N–H and O–H groups in total. The lowest BCUT2D eigenvalue weighted by Crippen LogP contribution is -2.21. The molecule has 0 unspecified atom stereocenters. The maximum Gasteiger partial charge on any atom is 0.490 e. The van der Waals surface area contributed by atoms with Gasteiger partial charge in [0.05, 0.1) is 0 Å². The van der Waals surface area contributed by atoms with Crippen LogP contribution in [-0.2, 0) is 4.79 Å². The highest BCUT2D eigenvalue weighted by Crippen LogP contribution is 2.13. The number of allylic oxidation sites excluding steroid dienone is 1. The molecule has 1 saturated heterocycles. The summed E-state index contributed by atoms with van der Waals surface area (Å²) in [5.74, 6) is -2.76. The first kappa shape index (κ1) is 14.0. The molecule has 1 rings (SSSR count). The zero-order chi connectivity index (χ0) is 12.1. The Kier molecular flexibility index (Phi) is 5.35. The van der Waals surface area contributed by atoms with Crippen LogP contribution >= 0.6 is 0 Å². The minimum Gasteiger partial charge on any atom is -0.475 e. The number of carboxylic acids is 1. The standard InChI is InChI=1S/C7H13N.C2HF3O2/c1-6(2)7-3-4-8-5-7;3-2(4,5)1(6)7/h8H,3-5H2,1-2H3;(H,6,7). The second-order valence-corrected chi connectivity index (χ2v) is 3.33. The molecule has 0 aromatic rings. The van der Waals surface area contributed by atoms with E-state index in [0.29, 0.717) is 0 Å². The van der Waals surface area contributed by atoms with Gasteiger partial charge in [0.15, 0.2) is 0 Å². The van der Waals surface area contributed by atoms with Crippen molar-refractivity contribution in [2.24, 2.45) is 0 Å². The van der Waals surface area contributed by atoms with Crippen molar-refractivity contribution in [1.29, 1.82) is 0 Å². The molecule has 1 fully saturated rings. The van der Waals surface area contributed by atoms with Crippen LogP contribution in [0.1, 0.15) is 20.3 Å². The van der Waals surface area contributed by atoms with Crippen molar-refractivity contribution in [3.05, 3.63) is 11.1 Å². The summed E-state index contributed by atoms with van der Waals surface area (Å²) in [7, 11) is 0. The van der Waals surface area contributed by atoms with Crippen LogP contribution < -0.4 is 5.32 Å². The third kappa shape index (κ3) is 6.11. The van der Waals surface area contributed by atoms with Gasteiger partial charge >= 0.3 is 12.1 Å². The molecule has 0 aromatic heterocycles. The molecule has 15 heavy (non-hydrogen) atoms. The van der Waals surface area contributed by atoms with E-state index in [1.165, 1.54) is 18.5 Å². The van der Waals surface area contributed by atoms with Crippen molar-refractivity contribution in [2.45, 2.75) is 26.4 Å². The second kappa shape index (κ2) is 5.75. The van der Waals surface area contributed by atoms with E-state index in [1.54, 1.807) is 5.57 Å². The Morgan fingerprint density at radius 3 is 2.00 bits per heavy atom. The van der Waals surface area contributed by atoms with Gasteiger partial charge in [-0.3, -0.25) is 0 Å². The Morgan fingerprint density at radius 1 is 1.40 bits per heavy atom. The average Bonchev–Trinajstić information content (AvgIpc) is 2.54. The highest BCUT2D eigenvalue weighted by Gasteiger charge is 2.38. The summed E-state index contributed by atoms with van der Waals surface area (Å²) in [6.07, 6.45) is -3.82. The van der Waals surface area contributed by atoms with Gasteiger partial charge in [0, 0.05) is 6.54 Å². The molecule has 0 saturated carbocycles. The fourth-order valence-corrected chi connectivity index (χ4v) is 0.994. The van der Waals surface area contributed by atoms with Crippen molar-refractivity contribution < 1.29 is 23.1 Å². The summed E-state index contributed by atoms with van der Waals surface area (Å²) >= 11 is 0. The van der Waals surface area contributed by atoms with Gasteiger partial charge in [-0.1, -0.05) is 11.1 Å². The van der Waals surface area contributed by atoms with Crippen LogP contribution in [0.5, 0.6) is 0 Å². The molecule has 0 bridgehead atoms. The Bertz CT molecular complexity index is 247. The van der Waals surface area contributed by atoms with Crippen LogP contribution in [0.3, 0.4) is 0 Å². The highest BCUT2D eigenvalue weighted by atomic mass is 19.4. The first-order valence-corrected chi connectivity index (χ1v) is 4.41. The Hall–Kier alpha value is -1.04.